The van der Waals surface area contributed by atoms with Gasteiger partial charge in [-0.05, 0) is 43.3 Å². The molecular weight excluding hydrogens is 378 g/mol. The predicted octanol–water partition coefficient (Wildman–Crippen LogP) is 2.41. The Bertz CT molecular complexity index is 915. The topological polar surface area (TPSA) is 75.7 Å². The van der Waals surface area contributed by atoms with Crippen LogP contribution >= 0.6 is 0 Å². The largest absolute Gasteiger partial charge is 0.488 e. The van der Waals surface area contributed by atoms with E-state index in [-0.39, 0.29) is 22.8 Å². The molecule has 1 unspecified atom stereocenters. The highest BCUT2D eigenvalue weighted by Gasteiger charge is 2.18. The summed E-state index contributed by atoms with van der Waals surface area (Å²) >= 11 is 0. The normalized spacial score (nSPS) is 12.7. The number of rotatable bonds is 7. The van der Waals surface area contributed by atoms with E-state index in [1.807, 2.05) is 0 Å². The third-order valence-electron chi connectivity index (χ3n) is 3.66. The van der Waals surface area contributed by atoms with E-state index in [9.17, 15) is 22.0 Å². The first kappa shape index (κ1) is 20.8. The zero-order valence-electron chi connectivity index (χ0n) is 15.1. The number of ether oxygens (including phenoxy) is 1. The third kappa shape index (κ3) is 5.24. The van der Waals surface area contributed by atoms with Crippen LogP contribution in [-0.4, -0.2) is 45.4 Å². The van der Waals surface area contributed by atoms with Gasteiger partial charge in [0, 0.05) is 25.7 Å². The van der Waals surface area contributed by atoms with Gasteiger partial charge in [0.15, 0.2) is 11.6 Å². The van der Waals surface area contributed by atoms with Crippen LogP contribution < -0.4 is 10.1 Å². The Morgan fingerprint density at radius 2 is 1.78 bits per heavy atom. The molecule has 0 aromatic heterocycles. The molecule has 0 aliphatic rings. The van der Waals surface area contributed by atoms with Gasteiger partial charge in [-0.1, -0.05) is 0 Å². The second-order valence-corrected chi connectivity index (χ2v) is 8.22. The summed E-state index contributed by atoms with van der Waals surface area (Å²) in [5.41, 5.74) is 0.271. The van der Waals surface area contributed by atoms with E-state index in [4.69, 9.17) is 4.74 Å². The molecule has 9 heteroatoms. The van der Waals surface area contributed by atoms with Crippen molar-refractivity contribution in [2.24, 2.45) is 0 Å². The smallest absolute Gasteiger partial charge is 0.251 e. The molecule has 0 bridgehead atoms. The molecule has 0 saturated heterocycles. The lowest BCUT2D eigenvalue weighted by molar-refractivity contribution is 0.0926. The average molecular weight is 398 g/mol. The van der Waals surface area contributed by atoms with Crippen LogP contribution in [0, 0.1) is 11.6 Å². The Labute approximate surface area is 156 Å². The molecule has 27 heavy (non-hydrogen) atoms. The summed E-state index contributed by atoms with van der Waals surface area (Å²) in [6, 6.07) is 7.99. The van der Waals surface area contributed by atoms with Crippen molar-refractivity contribution in [2.75, 3.05) is 20.7 Å². The zero-order valence-corrected chi connectivity index (χ0v) is 15.9. The molecule has 1 N–H and O–H groups in total. The van der Waals surface area contributed by atoms with E-state index < -0.39 is 33.6 Å². The fourth-order valence-corrected chi connectivity index (χ4v) is 3.05. The number of carbonyl (C=O) groups excluding carboxylic acids is 1. The lowest BCUT2D eigenvalue weighted by atomic mass is 10.2. The second-order valence-electron chi connectivity index (χ2n) is 6.07. The first-order valence-electron chi connectivity index (χ1n) is 8.02. The Kier molecular flexibility index (Phi) is 6.50. The monoisotopic (exact) mass is 398 g/mol. The van der Waals surface area contributed by atoms with E-state index in [1.54, 1.807) is 6.92 Å². The number of halogens is 2. The number of hydrogen-bond acceptors (Lipinski definition) is 4. The van der Waals surface area contributed by atoms with Gasteiger partial charge in [0.1, 0.15) is 12.4 Å². The molecule has 0 spiro atoms. The molecule has 1 atom stereocenters. The van der Waals surface area contributed by atoms with Crippen molar-refractivity contribution in [2.45, 2.75) is 17.9 Å². The van der Waals surface area contributed by atoms with Crippen LogP contribution in [-0.2, 0) is 10.0 Å². The molecule has 2 rings (SSSR count). The lowest BCUT2D eigenvalue weighted by Crippen LogP contribution is -2.36. The summed E-state index contributed by atoms with van der Waals surface area (Å²) in [4.78, 5) is 12.3. The fraction of sp³-hybridized carbons (Fsp3) is 0.278. The maximum absolute atomic E-state index is 13.5. The fourth-order valence-electron chi connectivity index (χ4n) is 2.14. The van der Waals surface area contributed by atoms with Gasteiger partial charge in [-0.3, -0.25) is 4.79 Å². The van der Waals surface area contributed by atoms with Crippen LogP contribution in [0.5, 0.6) is 5.75 Å². The van der Waals surface area contributed by atoms with Crippen molar-refractivity contribution >= 4 is 15.9 Å². The van der Waals surface area contributed by atoms with Gasteiger partial charge >= 0.3 is 0 Å². The van der Waals surface area contributed by atoms with E-state index in [1.165, 1.54) is 44.4 Å². The molecule has 0 fully saturated rings. The molecular formula is C18H20F2N2O4S. The molecule has 2 aromatic rings. The van der Waals surface area contributed by atoms with Crippen molar-refractivity contribution in [1.82, 2.24) is 9.62 Å². The molecule has 1 amide bonds. The van der Waals surface area contributed by atoms with Crippen molar-refractivity contribution in [1.29, 1.82) is 0 Å². The van der Waals surface area contributed by atoms with E-state index in [0.717, 1.165) is 10.4 Å². The van der Waals surface area contributed by atoms with Gasteiger partial charge in [0.25, 0.3) is 5.91 Å². The van der Waals surface area contributed by atoms with Crippen molar-refractivity contribution in [3.8, 4) is 5.75 Å². The number of amides is 1. The quantitative estimate of drug-likeness (QED) is 0.777. The molecule has 146 valence electrons. The lowest BCUT2D eigenvalue weighted by Gasteiger charge is -2.16. The number of carbonyl (C=O) groups is 1. The Balaban J connectivity index is 1.96. The summed E-state index contributed by atoms with van der Waals surface area (Å²) in [6.07, 6.45) is 0. The minimum absolute atomic E-state index is 0.0264. The summed E-state index contributed by atoms with van der Waals surface area (Å²) in [7, 11) is -0.733. The molecule has 0 saturated carbocycles. The standard InChI is InChI=1S/C18H20F2N2O4S/c1-12(11-26-17-9-6-14(19)10-16(17)20)21-18(23)13-4-7-15(8-5-13)27(24,25)22(2)3/h4-10,12H,11H2,1-3H3,(H,21,23). The maximum Gasteiger partial charge on any atom is 0.251 e. The summed E-state index contributed by atoms with van der Waals surface area (Å²) in [6.45, 7) is 1.63. The minimum atomic E-state index is -3.57. The number of sulfonamides is 1. The van der Waals surface area contributed by atoms with Crippen LogP contribution in [0.3, 0.4) is 0 Å². The molecule has 0 aliphatic heterocycles. The van der Waals surface area contributed by atoms with E-state index in [0.29, 0.717) is 6.07 Å². The van der Waals surface area contributed by atoms with Gasteiger partial charge in [0.2, 0.25) is 10.0 Å². The van der Waals surface area contributed by atoms with Crippen molar-refractivity contribution < 1.29 is 26.7 Å². The molecule has 2 aromatic carbocycles. The van der Waals surface area contributed by atoms with Gasteiger partial charge in [-0.2, -0.15) is 0 Å². The second kappa shape index (κ2) is 8.45. The minimum Gasteiger partial charge on any atom is -0.488 e. The molecule has 6 nitrogen and oxygen atoms in total. The maximum atomic E-state index is 13.5. The SMILES string of the molecule is CC(COc1ccc(F)cc1F)NC(=O)c1ccc(S(=O)(=O)N(C)C)cc1. The number of benzene rings is 2. The summed E-state index contributed by atoms with van der Waals surface area (Å²) in [5.74, 6) is -2.08. The van der Waals surface area contributed by atoms with Crippen LogP contribution in [0.1, 0.15) is 17.3 Å². The average Bonchev–Trinajstić information content (AvgIpc) is 2.61. The molecule has 0 heterocycles. The Morgan fingerprint density at radius 3 is 2.33 bits per heavy atom. The van der Waals surface area contributed by atoms with Crippen LogP contribution in [0.4, 0.5) is 8.78 Å². The highest BCUT2D eigenvalue weighted by atomic mass is 32.2. The first-order chi connectivity index (χ1) is 12.6. The predicted molar refractivity (Wildman–Crippen MR) is 96.1 cm³/mol. The Hall–Kier alpha value is -2.52. The van der Waals surface area contributed by atoms with Gasteiger partial charge in [-0.25, -0.2) is 21.5 Å². The number of hydrogen-bond donors (Lipinski definition) is 1. The molecule has 0 aliphatic carbocycles. The summed E-state index contributed by atoms with van der Waals surface area (Å²) < 4.78 is 56.7. The van der Waals surface area contributed by atoms with Gasteiger partial charge < -0.3 is 10.1 Å². The van der Waals surface area contributed by atoms with Crippen LogP contribution in [0.25, 0.3) is 0 Å². The highest BCUT2D eigenvalue weighted by Crippen LogP contribution is 2.18. The third-order valence-corrected chi connectivity index (χ3v) is 5.48. The van der Waals surface area contributed by atoms with Gasteiger partial charge in [0.05, 0.1) is 10.9 Å². The zero-order chi connectivity index (χ0) is 20.2. The molecule has 0 radical (unpaired) electrons. The van der Waals surface area contributed by atoms with Crippen molar-refractivity contribution in [3.63, 3.8) is 0 Å². The number of nitrogens with one attached hydrogen (secondary N) is 1. The van der Waals surface area contributed by atoms with Gasteiger partial charge in [-0.15, -0.1) is 0 Å². The highest BCUT2D eigenvalue weighted by molar-refractivity contribution is 7.89. The van der Waals surface area contributed by atoms with E-state index in [2.05, 4.69) is 5.32 Å². The van der Waals surface area contributed by atoms with Crippen LogP contribution in [0.15, 0.2) is 47.4 Å². The first-order valence-corrected chi connectivity index (χ1v) is 9.46. The Morgan fingerprint density at radius 1 is 1.15 bits per heavy atom. The number of nitrogens with zero attached hydrogens (tertiary/aromatic N) is 1. The summed E-state index contributed by atoms with van der Waals surface area (Å²) in [5, 5.41) is 2.66. The van der Waals surface area contributed by atoms with E-state index >= 15 is 0 Å². The van der Waals surface area contributed by atoms with Crippen LogP contribution in [0.2, 0.25) is 0 Å². The van der Waals surface area contributed by atoms with Crippen molar-refractivity contribution in [3.05, 3.63) is 59.7 Å².